The van der Waals surface area contributed by atoms with E-state index in [9.17, 15) is 22.7 Å². The van der Waals surface area contributed by atoms with Gasteiger partial charge >= 0.3 is 145 Å². The molecule has 1 atom stereocenters. The number of nitrogens with one attached hydrogen (secondary N) is 1. The molecule has 0 saturated heterocycles. The maximum absolute atomic E-state index is 12.4. The van der Waals surface area contributed by atoms with E-state index in [1.165, 1.54) is 43.3 Å². The molecule has 0 fully saturated rings. The molecule has 1 amide bonds. The number of anilines is 1. The third-order valence-corrected chi connectivity index (χ3v) is 5.99. The molecule has 2 aromatic carbocycles. The van der Waals surface area contributed by atoms with E-state index in [1.807, 2.05) is 0 Å². The Kier molecular flexibility index (Phi) is 5.44. The molecule has 0 aliphatic carbocycles. The molecule has 10 heteroatoms. The summed E-state index contributed by atoms with van der Waals surface area (Å²) in [5, 5.41) is 22.3. The summed E-state index contributed by atoms with van der Waals surface area (Å²) in [5.74, 6) is -0.495. The van der Waals surface area contributed by atoms with Crippen LogP contribution in [0.15, 0.2) is 36.4 Å². The van der Waals surface area contributed by atoms with Crippen molar-refractivity contribution in [3.05, 3.63) is 52.1 Å². The van der Waals surface area contributed by atoms with Gasteiger partial charge < -0.3 is 0 Å². The molecule has 0 aliphatic rings. The average molecular weight is 410 g/mol. The van der Waals surface area contributed by atoms with Gasteiger partial charge in [0.05, 0.1) is 0 Å². The molecule has 0 radical (unpaired) electrons. The Balaban J connectivity index is 2.82. The molecular formula is C15H15AsN2O7. The van der Waals surface area contributed by atoms with Gasteiger partial charge in [-0.05, 0) is 0 Å². The number of carbonyl (C=O) groups is 1. The molecule has 1 unspecified atom stereocenters. The molecule has 2 aromatic rings. The second kappa shape index (κ2) is 7.20. The van der Waals surface area contributed by atoms with E-state index in [0.717, 1.165) is 0 Å². The van der Waals surface area contributed by atoms with Crippen LogP contribution in [0.3, 0.4) is 0 Å². The van der Waals surface area contributed by atoms with Gasteiger partial charge in [0.15, 0.2) is 0 Å². The number of rotatable bonds is 5. The molecule has 0 spiro atoms. The first kappa shape index (κ1) is 18.9. The van der Waals surface area contributed by atoms with Crippen LogP contribution in [0.25, 0.3) is 11.1 Å². The fraction of sp³-hybridized carbons (Fsp3) is 0.133. The Bertz CT molecular complexity index is 897. The van der Waals surface area contributed by atoms with Crippen LogP contribution in [0.5, 0.6) is 0 Å². The summed E-state index contributed by atoms with van der Waals surface area (Å²) in [6.45, 7) is 2.90. The summed E-state index contributed by atoms with van der Waals surface area (Å²) in [6, 6.07) is 8.40. The Morgan fingerprint density at radius 1 is 1.32 bits per heavy atom. The van der Waals surface area contributed by atoms with Crippen LogP contribution >= 0.6 is 0 Å². The molecule has 2 rings (SSSR count). The van der Waals surface area contributed by atoms with Crippen LogP contribution in [0.4, 0.5) is 11.4 Å². The van der Waals surface area contributed by atoms with Crippen LogP contribution in [-0.2, 0) is 12.4 Å². The van der Waals surface area contributed by atoms with Gasteiger partial charge in [-0.1, -0.05) is 0 Å². The van der Waals surface area contributed by atoms with Gasteiger partial charge in [0, 0.05) is 0 Å². The van der Waals surface area contributed by atoms with E-state index in [4.69, 9.17) is 5.26 Å². The summed E-state index contributed by atoms with van der Waals surface area (Å²) in [6.07, 6.45) is 0. The van der Waals surface area contributed by atoms with Gasteiger partial charge in [0.25, 0.3) is 0 Å². The van der Waals surface area contributed by atoms with Crippen molar-refractivity contribution in [1.82, 2.24) is 0 Å². The van der Waals surface area contributed by atoms with E-state index >= 15 is 0 Å². The predicted octanol–water partition coefficient (Wildman–Crippen LogP) is 1.59. The zero-order valence-electron chi connectivity index (χ0n) is 13.3. The number of nitrogens with zero attached hydrogens (tertiary/aromatic N) is 1. The SMILES string of the molecule is CC(=O)Nc1cc(C)cc(-c2cccc([N+](=O)[O-])c2)c1[As](=O)(O)OO. The van der Waals surface area contributed by atoms with Crippen molar-refractivity contribution in [3.8, 4) is 11.1 Å². The Morgan fingerprint density at radius 2 is 2.00 bits per heavy atom. The molecule has 3 N–H and O–H groups in total. The van der Waals surface area contributed by atoms with Crippen LogP contribution in [0.2, 0.25) is 0 Å². The molecule has 25 heavy (non-hydrogen) atoms. The molecule has 132 valence electrons. The summed E-state index contributed by atoms with van der Waals surface area (Å²) in [4.78, 5) is 21.8. The fourth-order valence-electron chi connectivity index (χ4n) is 2.42. The van der Waals surface area contributed by atoms with Crippen molar-refractivity contribution in [2.75, 3.05) is 5.32 Å². The quantitative estimate of drug-likeness (QED) is 0.294. The van der Waals surface area contributed by atoms with Gasteiger partial charge in [0.1, 0.15) is 0 Å². The number of amides is 1. The van der Waals surface area contributed by atoms with Gasteiger partial charge in [-0.2, -0.15) is 0 Å². The second-order valence-corrected chi connectivity index (χ2v) is 8.76. The number of nitro groups is 1. The Hall–Kier alpha value is -2.45. The minimum absolute atomic E-state index is 0.00643. The normalized spacial score (nSPS) is 13.1. The molecule has 9 nitrogen and oxygen atoms in total. The number of non-ortho nitro benzene ring substituents is 1. The topological polar surface area (TPSA) is 139 Å². The number of hydrogen-bond acceptors (Lipinski definition) is 6. The minimum atomic E-state index is -5.43. The molecule has 0 saturated carbocycles. The van der Waals surface area contributed by atoms with E-state index < -0.39 is 25.0 Å². The molecule has 0 bridgehead atoms. The number of benzene rings is 2. The van der Waals surface area contributed by atoms with Crippen molar-refractivity contribution < 1.29 is 26.7 Å². The van der Waals surface area contributed by atoms with E-state index in [2.05, 4.69) is 9.19 Å². The van der Waals surface area contributed by atoms with Crippen molar-refractivity contribution in [2.24, 2.45) is 0 Å². The van der Waals surface area contributed by atoms with Crippen molar-refractivity contribution >= 4 is 35.8 Å². The van der Waals surface area contributed by atoms with E-state index in [1.54, 1.807) is 6.92 Å². The average Bonchev–Trinajstić information content (AvgIpc) is 2.53. The van der Waals surface area contributed by atoms with E-state index in [-0.39, 0.29) is 26.9 Å². The van der Waals surface area contributed by atoms with Gasteiger partial charge in [0.2, 0.25) is 0 Å². The van der Waals surface area contributed by atoms with Crippen LogP contribution in [0, 0.1) is 17.0 Å². The Morgan fingerprint density at radius 3 is 2.56 bits per heavy atom. The van der Waals surface area contributed by atoms with Crippen LogP contribution in [-0.4, -0.2) is 34.4 Å². The van der Waals surface area contributed by atoms with Gasteiger partial charge in [-0.3, -0.25) is 0 Å². The third kappa shape index (κ3) is 4.15. The predicted molar refractivity (Wildman–Crippen MR) is 89.6 cm³/mol. The van der Waals surface area contributed by atoms with Crippen molar-refractivity contribution in [2.45, 2.75) is 13.8 Å². The summed E-state index contributed by atoms with van der Waals surface area (Å²) in [5.41, 5.74) is 0.824. The monoisotopic (exact) mass is 410 g/mol. The summed E-state index contributed by atoms with van der Waals surface area (Å²) < 4.78 is 25.9. The first-order valence-electron chi connectivity index (χ1n) is 6.99. The fourth-order valence-corrected chi connectivity index (χ4v) is 4.52. The Labute approximate surface area is 145 Å². The number of hydrogen-bond donors (Lipinski definition) is 3. The van der Waals surface area contributed by atoms with Crippen molar-refractivity contribution in [1.29, 1.82) is 0 Å². The number of aryl methyl sites for hydroxylation is 1. The molecular weight excluding hydrogens is 395 g/mol. The standard InChI is InChI=1S/C15H15AsN2O7/c1-9-6-13(11-4-3-5-12(8-11)18(22)23)15(16(20,21)25-24)14(7-9)17-10(2)19/h3-8,24H,1-2H3,(H,17,19)(H,20,21). The first-order valence-corrected chi connectivity index (χ1v) is 10.3. The summed E-state index contributed by atoms with van der Waals surface area (Å²) in [7, 11) is 0. The van der Waals surface area contributed by atoms with Gasteiger partial charge in [-0.25, -0.2) is 0 Å². The maximum atomic E-state index is 12.4. The zero-order chi connectivity index (χ0) is 18.8. The van der Waals surface area contributed by atoms with Crippen LogP contribution < -0.4 is 9.67 Å². The first-order chi connectivity index (χ1) is 11.7. The molecule has 0 aromatic heterocycles. The van der Waals surface area contributed by atoms with E-state index in [0.29, 0.717) is 5.56 Å². The third-order valence-electron chi connectivity index (χ3n) is 3.33. The molecule has 0 heterocycles. The second-order valence-electron chi connectivity index (χ2n) is 5.30. The number of carbonyl (C=O) groups excluding carboxylic acids is 1. The zero-order valence-corrected chi connectivity index (χ0v) is 15.2. The van der Waals surface area contributed by atoms with Gasteiger partial charge in [-0.15, -0.1) is 0 Å². The molecule has 0 aliphatic heterocycles. The number of nitro benzene ring substituents is 1. The summed E-state index contributed by atoms with van der Waals surface area (Å²) >= 11 is -5.43. The van der Waals surface area contributed by atoms with Crippen molar-refractivity contribution in [3.63, 3.8) is 0 Å². The van der Waals surface area contributed by atoms with Crippen LogP contribution in [0.1, 0.15) is 12.5 Å².